The van der Waals surface area contributed by atoms with E-state index in [9.17, 15) is 14.7 Å². The number of aryl methyl sites for hydroxylation is 1. The standard InChI is InChI=1S/C20H16N4O4S/c1-12-5-3-4-6-16(12)24-19(26)14(18(25)23-20(24)27)10-22-15-8-7-13(29-11-21)9-17(15)28-2/h3-10,26H,1-2H3,(H,23,25,27). The molecule has 0 saturated carbocycles. The zero-order valence-corrected chi connectivity index (χ0v) is 16.4. The van der Waals surface area contributed by atoms with Crippen LogP contribution in [0.5, 0.6) is 11.6 Å². The van der Waals surface area contributed by atoms with Gasteiger partial charge in [-0.2, -0.15) is 5.26 Å². The average molecular weight is 408 g/mol. The average Bonchev–Trinajstić information content (AvgIpc) is 2.70. The van der Waals surface area contributed by atoms with E-state index in [2.05, 4.69) is 9.98 Å². The Morgan fingerprint density at radius 2 is 2.03 bits per heavy atom. The number of aliphatic imine (C=N–C) groups is 1. The summed E-state index contributed by atoms with van der Waals surface area (Å²) in [6.45, 7) is 1.78. The van der Waals surface area contributed by atoms with Crippen LogP contribution in [0, 0.1) is 17.6 Å². The molecule has 0 amide bonds. The van der Waals surface area contributed by atoms with Crippen molar-refractivity contribution in [2.45, 2.75) is 11.8 Å². The highest BCUT2D eigenvalue weighted by Crippen LogP contribution is 2.32. The third kappa shape index (κ3) is 4.07. The van der Waals surface area contributed by atoms with Gasteiger partial charge in [-0.1, -0.05) is 18.2 Å². The zero-order chi connectivity index (χ0) is 21.0. The highest BCUT2D eigenvalue weighted by Gasteiger charge is 2.15. The number of thiocyanates is 1. The van der Waals surface area contributed by atoms with Gasteiger partial charge in [0.1, 0.15) is 22.4 Å². The van der Waals surface area contributed by atoms with Crippen LogP contribution in [0.15, 0.2) is 61.9 Å². The number of hydrogen-bond acceptors (Lipinski definition) is 7. The van der Waals surface area contributed by atoms with Crippen molar-refractivity contribution in [2.24, 2.45) is 4.99 Å². The molecule has 0 saturated heterocycles. The van der Waals surface area contributed by atoms with E-state index in [1.54, 1.807) is 49.4 Å². The minimum atomic E-state index is -0.767. The number of rotatable bonds is 5. The lowest BCUT2D eigenvalue weighted by atomic mass is 10.2. The van der Waals surface area contributed by atoms with Gasteiger partial charge in [0.25, 0.3) is 5.56 Å². The van der Waals surface area contributed by atoms with Gasteiger partial charge in [0.15, 0.2) is 0 Å². The maximum Gasteiger partial charge on any atom is 0.335 e. The molecule has 9 heteroatoms. The van der Waals surface area contributed by atoms with Crippen molar-refractivity contribution in [3.05, 3.63) is 74.4 Å². The Morgan fingerprint density at radius 3 is 2.72 bits per heavy atom. The molecule has 3 aromatic rings. The van der Waals surface area contributed by atoms with Crippen LogP contribution in [-0.4, -0.2) is 28.0 Å². The molecule has 0 aliphatic heterocycles. The molecule has 2 aromatic carbocycles. The van der Waals surface area contributed by atoms with Crippen molar-refractivity contribution in [1.29, 1.82) is 5.26 Å². The quantitative estimate of drug-likeness (QED) is 0.380. The highest BCUT2D eigenvalue weighted by molar-refractivity contribution is 8.03. The Bertz CT molecular complexity index is 1250. The number of para-hydroxylation sites is 1. The van der Waals surface area contributed by atoms with Crippen LogP contribution in [0.4, 0.5) is 5.69 Å². The third-order valence-corrected chi connectivity index (χ3v) is 4.71. The second-order valence-corrected chi connectivity index (χ2v) is 6.76. The Balaban J connectivity index is 2.10. The lowest BCUT2D eigenvalue weighted by molar-refractivity contribution is 0.415. The fourth-order valence-corrected chi connectivity index (χ4v) is 3.12. The molecule has 0 fully saturated rings. The van der Waals surface area contributed by atoms with Crippen LogP contribution < -0.4 is 16.0 Å². The third-order valence-electron chi connectivity index (χ3n) is 4.12. The number of nitrogens with zero attached hydrogens (tertiary/aromatic N) is 3. The summed E-state index contributed by atoms with van der Waals surface area (Å²) < 4.78 is 6.28. The number of methoxy groups -OCH3 is 1. The molecule has 0 unspecified atom stereocenters. The van der Waals surface area contributed by atoms with Crippen molar-refractivity contribution in [3.63, 3.8) is 0 Å². The summed E-state index contributed by atoms with van der Waals surface area (Å²) in [4.78, 5) is 31.6. The molecule has 0 atom stereocenters. The molecule has 1 aromatic heterocycles. The number of aromatic hydroxyl groups is 1. The monoisotopic (exact) mass is 408 g/mol. The Morgan fingerprint density at radius 1 is 1.28 bits per heavy atom. The Labute approximate surface area is 169 Å². The molecule has 3 rings (SSSR count). The predicted octanol–water partition coefficient (Wildman–Crippen LogP) is 2.87. The minimum absolute atomic E-state index is 0.176. The van der Waals surface area contributed by atoms with Crippen LogP contribution in [0.3, 0.4) is 0 Å². The van der Waals surface area contributed by atoms with Crippen molar-refractivity contribution in [1.82, 2.24) is 9.55 Å². The van der Waals surface area contributed by atoms with Gasteiger partial charge in [0.2, 0.25) is 5.88 Å². The number of nitrogens with one attached hydrogen (secondary N) is 1. The van der Waals surface area contributed by atoms with Gasteiger partial charge in [-0.05, 0) is 48.5 Å². The lowest BCUT2D eigenvalue weighted by Gasteiger charge is -2.12. The molecule has 0 spiro atoms. The minimum Gasteiger partial charge on any atom is -0.494 e. The molecule has 2 N–H and O–H groups in total. The summed E-state index contributed by atoms with van der Waals surface area (Å²) in [6, 6.07) is 11.9. The summed E-state index contributed by atoms with van der Waals surface area (Å²) in [5, 5.41) is 21.4. The number of ether oxygens (including phenoxy) is 1. The summed E-state index contributed by atoms with van der Waals surface area (Å²) >= 11 is 0.976. The van der Waals surface area contributed by atoms with Crippen molar-refractivity contribution in [2.75, 3.05) is 7.11 Å². The van der Waals surface area contributed by atoms with E-state index >= 15 is 0 Å². The summed E-state index contributed by atoms with van der Waals surface area (Å²) in [7, 11) is 1.46. The first-order chi connectivity index (χ1) is 14.0. The number of hydrogen-bond donors (Lipinski definition) is 2. The molecule has 0 radical (unpaired) electrons. The maximum atomic E-state index is 12.3. The molecular weight excluding hydrogens is 392 g/mol. The summed E-state index contributed by atoms with van der Waals surface area (Å²) in [5.41, 5.74) is -0.123. The first-order valence-corrected chi connectivity index (χ1v) is 9.20. The molecule has 146 valence electrons. The number of nitriles is 1. The van der Waals surface area contributed by atoms with Crippen molar-refractivity contribution < 1.29 is 9.84 Å². The highest BCUT2D eigenvalue weighted by atomic mass is 32.2. The van der Waals surface area contributed by atoms with Crippen LogP contribution in [0.2, 0.25) is 0 Å². The van der Waals surface area contributed by atoms with Gasteiger partial charge < -0.3 is 9.84 Å². The molecule has 1 heterocycles. The van der Waals surface area contributed by atoms with Gasteiger partial charge in [-0.15, -0.1) is 0 Å². The molecule has 0 bridgehead atoms. The fraction of sp³-hybridized carbons (Fsp3) is 0.100. The predicted molar refractivity (Wildman–Crippen MR) is 111 cm³/mol. The second kappa shape index (κ2) is 8.50. The maximum absolute atomic E-state index is 12.3. The van der Waals surface area contributed by atoms with Crippen LogP contribution in [0.1, 0.15) is 11.1 Å². The van der Waals surface area contributed by atoms with E-state index in [1.807, 2.05) is 5.40 Å². The zero-order valence-electron chi connectivity index (χ0n) is 15.5. The van der Waals surface area contributed by atoms with Gasteiger partial charge in [-0.25, -0.2) is 9.36 Å². The number of aromatic amines is 1. The van der Waals surface area contributed by atoms with Gasteiger partial charge in [0.05, 0.1) is 12.8 Å². The molecule has 0 aliphatic rings. The van der Waals surface area contributed by atoms with E-state index in [-0.39, 0.29) is 5.56 Å². The fourth-order valence-electron chi connectivity index (χ4n) is 2.71. The van der Waals surface area contributed by atoms with Gasteiger partial charge in [-0.3, -0.25) is 14.8 Å². The Kier molecular flexibility index (Phi) is 5.85. The first kappa shape index (κ1) is 20.0. The molecular formula is C20H16N4O4S. The topological polar surface area (TPSA) is 120 Å². The largest absolute Gasteiger partial charge is 0.494 e. The van der Waals surface area contributed by atoms with Crippen LogP contribution in [-0.2, 0) is 0 Å². The van der Waals surface area contributed by atoms with E-state index in [0.29, 0.717) is 22.0 Å². The Hall–Kier alpha value is -3.77. The van der Waals surface area contributed by atoms with Crippen LogP contribution >= 0.6 is 11.8 Å². The van der Waals surface area contributed by atoms with Gasteiger partial charge in [0, 0.05) is 11.1 Å². The number of thioether (sulfide) groups is 1. The van der Waals surface area contributed by atoms with E-state index in [0.717, 1.165) is 28.1 Å². The second-order valence-electron chi connectivity index (χ2n) is 5.90. The van der Waals surface area contributed by atoms with Crippen molar-refractivity contribution >= 4 is 23.7 Å². The molecule has 29 heavy (non-hydrogen) atoms. The summed E-state index contributed by atoms with van der Waals surface area (Å²) in [6.07, 6.45) is 1.16. The summed E-state index contributed by atoms with van der Waals surface area (Å²) in [5.74, 6) is -0.128. The van der Waals surface area contributed by atoms with E-state index in [1.165, 1.54) is 7.11 Å². The molecule has 8 nitrogen and oxygen atoms in total. The molecule has 0 aliphatic carbocycles. The van der Waals surface area contributed by atoms with E-state index < -0.39 is 17.1 Å². The number of aromatic nitrogens is 2. The lowest BCUT2D eigenvalue weighted by Crippen LogP contribution is -2.31. The number of benzene rings is 2. The van der Waals surface area contributed by atoms with Gasteiger partial charge >= 0.3 is 5.69 Å². The SMILES string of the molecule is COc1cc(SC#N)ccc1N=Cc1c(O)n(-c2ccccc2C)c(=O)[nH]c1=O. The van der Waals surface area contributed by atoms with Crippen LogP contribution in [0.25, 0.3) is 5.69 Å². The first-order valence-electron chi connectivity index (χ1n) is 8.38. The number of H-pyrrole nitrogens is 1. The normalized spacial score (nSPS) is 10.8. The van der Waals surface area contributed by atoms with Crippen molar-refractivity contribution in [3.8, 4) is 22.7 Å². The van der Waals surface area contributed by atoms with E-state index in [4.69, 9.17) is 10.00 Å². The smallest absolute Gasteiger partial charge is 0.335 e.